The number of ketones is 2. The van der Waals surface area contributed by atoms with Gasteiger partial charge in [0.25, 0.3) is 0 Å². The number of carbonyl (C=O) groups is 2. The Hall–Kier alpha value is -2.85. The van der Waals surface area contributed by atoms with Crippen LogP contribution in [0.5, 0.6) is 5.75 Å². The average molecular weight is 376 g/mol. The zero-order chi connectivity index (χ0) is 19.4. The molecule has 0 amide bonds. The molecular weight excluding hydrogens is 356 g/mol. The third kappa shape index (κ3) is 3.96. The summed E-state index contributed by atoms with van der Waals surface area (Å²) < 4.78 is 0. The van der Waals surface area contributed by atoms with Crippen LogP contribution in [0, 0.1) is 0 Å². The number of allylic oxidation sites excluding steroid dienone is 5. The molecule has 0 radical (unpaired) electrons. The Kier molecular flexibility index (Phi) is 5.77. The van der Waals surface area contributed by atoms with Gasteiger partial charge in [-0.25, -0.2) is 0 Å². The Morgan fingerprint density at radius 2 is 1.81 bits per heavy atom. The van der Waals surface area contributed by atoms with Crippen molar-refractivity contribution in [1.29, 1.82) is 0 Å². The van der Waals surface area contributed by atoms with Crippen molar-refractivity contribution >= 4 is 23.3 Å². The largest absolute Gasteiger partial charge is 0.508 e. The van der Waals surface area contributed by atoms with E-state index in [4.69, 9.17) is 0 Å². The lowest BCUT2D eigenvalue weighted by Gasteiger charge is -2.21. The van der Waals surface area contributed by atoms with Crippen molar-refractivity contribution in [2.45, 2.75) is 29.6 Å². The van der Waals surface area contributed by atoms with Crippen molar-refractivity contribution in [3.63, 3.8) is 0 Å². The summed E-state index contributed by atoms with van der Waals surface area (Å²) in [6, 6.07) is 12.0. The molecule has 1 aliphatic rings. The smallest absolute Gasteiger partial charge is 0.195 e. The number of unbranched alkanes of at least 4 members (excludes halogenated alkanes) is 1. The highest BCUT2D eigenvalue weighted by Gasteiger charge is 2.33. The number of aromatic hydroxyl groups is 1. The zero-order valence-electron chi connectivity index (χ0n) is 15.1. The van der Waals surface area contributed by atoms with Crippen LogP contribution in [0.3, 0.4) is 0 Å². The zero-order valence-corrected chi connectivity index (χ0v) is 15.9. The molecule has 27 heavy (non-hydrogen) atoms. The van der Waals surface area contributed by atoms with Gasteiger partial charge in [-0.15, -0.1) is 0 Å². The molecule has 3 nitrogen and oxygen atoms in total. The number of hydrogen-bond donors (Lipinski definition) is 1. The van der Waals surface area contributed by atoms with Gasteiger partial charge in [0.05, 0.1) is 0 Å². The second-order valence-electron chi connectivity index (χ2n) is 6.21. The predicted molar refractivity (Wildman–Crippen MR) is 109 cm³/mol. The van der Waals surface area contributed by atoms with Crippen LogP contribution < -0.4 is 0 Å². The van der Waals surface area contributed by atoms with Gasteiger partial charge in [-0.3, -0.25) is 9.59 Å². The van der Waals surface area contributed by atoms with Gasteiger partial charge in [0, 0.05) is 32.1 Å². The first-order chi connectivity index (χ1) is 13.0. The Morgan fingerprint density at radius 1 is 1.07 bits per heavy atom. The SMILES string of the molecule is C=C1C(=O)c2cccc(Sc3ccc(O)cc3)c2C(=O)/C1=C/C=C\CCC. The number of phenolic OH excluding ortho intramolecular Hbond substituents is 1. The van der Waals surface area contributed by atoms with Crippen molar-refractivity contribution in [2.75, 3.05) is 0 Å². The normalized spacial score (nSPS) is 15.6. The van der Waals surface area contributed by atoms with E-state index in [1.165, 1.54) is 11.8 Å². The fraction of sp³-hybridized carbons (Fsp3) is 0.130. The van der Waals surface area contributed by atoms with Gasteiger partial charge in [-0.1, -0.05) is 62.0 Å². The molecule has 0 saturated carbocycles. The molecular formula is C23H20O3S. The van der Waals surface area contributed by atoms with Crippen LogP contribution in [0.2, 0.25) is 0 Å². The number of phenols is 1. The Morgan fingerprint density at radius 3 is 2.52 bits per heavy atom. The van der Waals surface area contributed by atoms with E-state index >= 15 is 0 Å². The highest BCUT2D eigenvalue weighted by atomic mass is 32.2. The molecule has 1 aliphatic carbocycles. The van der Waals surface area contributed by atoms with Gasteiger partial charge in [-0.2, -0.15) is 0 Å². The predicted octanol–water partition coefficient (Wildman–Crippen LogP) is 5.76. The van der Waals surface area contributed by atoms with E-state index in [9.17, 15) is 14.7 Å². The van der Waals surface area contributed by atoms with Gasteiger partial charge in [0.2, 0.25) is 0 Å². The summed E-state index contributed by atoms with van der Waals surface area (Å²) in [6.07, 6.45) is 7.41. The molecule has 0 atom stereocenters. The minimum Gasteiger partial charge on any atom is -0.508 e. The van der Waals surface area contributed by atoms with Crippen molar-refractivity contribution in [1.82, 2.24) is 0 Å². The van der Waals surface area contributed by atoms with E-state index in [1.54, 1.807) is 42.5 Å². The number of fused-ring (bicyclic) bond motifs is 1. The van der Waals surface area contributed by atoms with Gasteiger partial charge in [-0.05, 0) is 36.8 Å². The Labute approximate surface area is 163 Å². The number of carbonyl (C=O) groups excluding carboxylic acids is 2. The van der Waals surface area contributed by atoms with E-state index in [0.29, 0.717) is 21.6 Å². The molecule has 2 aromatic carbocycles. The molecule has 0 fully saturated rings. The molecule has 0 aliphatic heterocycles. The second-order valence-corrected chi connectivity index (χ2v) is 7.32. The standard InChI is InChI=1S/C23H20O3S/c1-3-4-5-6-8-18-15(2)22(25)19-9-7-10-20(21(19)23(18)26)27-17-13-11-16(24)12-14-17/h5-14,24H,2-4H2,1H3/b6-5-,18-8+. The molecule has 0 unspecified atom stereocenters. The molecule has 0 spiro atoms. The number of Topliss-reactive ketones (excluding diaryl/α,β-unsaturated/α-hetero) is 2. The summed E-state index contributed by atoms with van der Waals surface area (Å²) in [7, 11) is 0. The van der Waals surface area contributed by atoms with Crippen LogP contribution in [-0.4, -0.2) is 16.7 Å². The maximum absolute atomic E-state index is 13.1. The number of rotatable bonds is 5. The maximum atomic E-state index is 13.1. The monoisotopic (exact) mass is 376 g/mol. The topological polar surface area (TPSA) is 54.4 Å². The van der Waals surface area contributed by atoms with Crippen molar-refractivity contribution in [3.05, 3.63) is 89.5 Å². The van der Waals surface area contributed by atoms with E-state index in [-0.39, 0.29) is 22.9 Å². The first-order valence-electron chi connectivity index (χ1n) is 8.78. The van der Waals surface area contributed by atoms with Crippen LogP contribution in [0.1, 0.15) is 40.5 Å². The lowest BCUT2D eigenvalue weighted by Crippen LogP contribution is -2.22. The number of benzene rings is 2. The Balaban J connectivity index is 2.03. The summed E-state index contributed by atoms with van der Waals surface area (Å²) in [4.78, 5) is 27.5. The van der Waals surface area contributed by atoms with Crippen molar-refractivity contribution in [2.24, 2.45) is 0 Å². The molecule has 0 heterocycles. The Bertz CT molecular complexity index is 966. The molecule has 0 aromatic heterocycles. The average Bonchev–Trinajstić information content (AvgIpc) is 2.67. The molecule has 4 heteroatoms. The quantitative estimate of drug-likeness (QED) is 0.674. The van der Waals surface area contributed by atoms with Crippen molar-refractivity contribution < 1.29 is 14.7 Å². The van der Waals surface area contributed by atoms with Crippen LogP contribution in [-0.2, 0) is 0 Å². The van der Waals surface area contributed by atoms with Crippen LogP contribution in [0.15, 0.2) is 88.2 Å². The minimum atomic E-state index is -0.215. The summed E-state index contributed by atoms with van der Waals surface area (Å²) >= 11 is 1.39. The maximum Gasteiger partial charge on any atom is 0.195 e. The van der Waals surface area contributed by atoms with E-state index in [0.717, 1.165) is 17.7 Å². The van der Waals surface area contributed by atoms with Gasteiger partial charge < -0.3 is 5.11 Å². The summed E-state index contributed by atoms with van der Waals surface area (Å²) in [5.41, 5.74) is 1.39. The van der Waals surface area contributed by atoms with E-state index in [2.05, 4.69) is 13.5 Å². The lowest BCUT2D eigenvalue weighted by atomic mass is 9.82. The highest BCUT2D eigenvalue weighted by Crippen LogP contribution is 2.38. The summed E-state index contributed by atoms with van der Waals surface area (Å²) in [5, 5.41) is 9.44. The number of hydrogen-bond acceptors (Lipinski definition) is 4. The van der Waals surface area contributed by atoms with E-state index < -0.39 is 0 Å². The van der Waals surface area contributed by atoms with Crippen LogP contribution in [0.25, 0.3) is 0 Å². The molecule has 3 rings (SSSR count). The first kappa shape index (κ1) is 18.9. The third-order valence-electron chi connectivity index (χ3n) is 4.26. The fourth-order valence-electron chi connectivity index (χ4n) is 2.84. The minimum absolute atomic E-state index is 0.182. The summed E-state index contributed by atoms with van der Waals surface area (Å²) in [6.45, 7) is 5.92. The lowest BCUT2D eigenvalue weighted by molar-refractivity contribution is 0.0971. The molecule has 1 N–H and O–H groups in total. The summed E-state index contributed by atoms with van der Waals surface area (Å²) in [5.74, 6) is -0.216. The highest BCUT2D eigenvalue weighted by molar-refractivity contribution is 7.99. The molecule has 136 valence electrons. The second kappa shape index (κ2) is 8.23. The first-order valence-corrected chi connectivity index (χ1v) is 9.60. The van der Waals surface area contributed by atoms with Crippen LogP contribution in [0.4, 0.5) is 0 Å². The van der Waals surface area contributed by atoms with Gasteiger partial charge in [0.1, 0.15) is 5.75 Å². The van der Waals surface area contributed by atoms with Crippen molar-refractivity contribution in [3.8, 4) is 5.75 Å². The van der Waals surface area contributed by atoms with Crippen LogP contribution >= 0.6 is 11.8 Å². The van der Waals surface area contributed by atoms with Gasteiger partial charge in [0.15, 0.2) is 11.6 Å². The third-order valence-corrected chi connectivity index (χ3v) is 5.33. The molecule has 0 saturated heterocycles. The molecule has 2 aromatic rings. The fourth-order valence-corrected chi connectivity index (χ4v) is 3.82. The van der Waals surface area contributed by atoms with Gasteiger partial charge >= 0.3 is 0 Å². The van der Waals surface area contributed by atoms with E-state index in [1.807, 2.05) is 18.2 Å². The molecule has 0 bridgehead atoms.